The quantitative estimate of drug-likeness (QED) is 0.331. The highest BCUT2D eigenvalue weighted by Crippen LogP contribution is 2.21. The van der Waals surface area contributed by atoms with Gasteiger partial charge in [0.2, 0.25) is 5.91 Å². The Morgan fingerprint density at radius 2 is 1.81 bits per heavy atom. The fourth-order valence-corrected chi connectivity index (χ4v) is 2.75. The fourth-order valence-electron chi connectivity index (χ4n) is 2.59. The molecule has 2 aromatic rings. The van der Waals surface area contributed by atoms with Crippen LogP contribution in [0.4, 0.5) is 0 Å². The van der Waals surface area contributed by atoms with Crippen LogP contribution in [-0.2, 0) is 9.59 Å². The summed E-state index contributed by atoms with van der Waals surface area (Å²) >= 11 is 5.00. The Morgan fingerprint density at radius 1 is 1.10 bits per heavy atom. The Kier molecular flexibility index (Phi) is 9.51. The molecule has 0 spiro atoms. The highest BCUT2D eigenvalue weighted by molar-refractivity contribution is 7.80. The molecule has 3 N–H and O–H groups in total. The Labute approximate surface area is 187 Å². The van der Waals surface area contributed by atoms with Crippen molar-refractivity contribution >= 4 is 35.2 Å². The monoisotopic (exact) mass is 441 g/mol. The number of benzene rings is 2. The summed E-state index contributed by atoms with van der Waals surface area (Å²) in [6.45, 7) is 4.10. The molecular formula is C23H27N3O4S. The lowest BCUT2D eigenvalue weighted by atomic mass is 9.99. The normalized spacial score (nSPS) is 11.5. The third-order valence-corrected chi connectivity index (χ3v) is 4.74. The summed E-state index contributed by atoms with van der Waals surface area (Å²) in [5, 5.41) is 2.40. The Hall–Kier alpha value is -3.39. The third-order valence-electron chi connectivity index (χ3n) is 4.54. The van der Waals surface area contributed by atoms with Gasteiger partial charge in [-0.3, -0.25) is 25.8 Å². The number of amides is 2. The number of methoxy groups -OCH3 is 1. The van der Waals surface area contributed by atoms with Crippen molar-refractivity contribution in [3.63, 3.8) is 0 Å². The van der Waals surface area contributed by atoms with Crippen molar-refractivity contribution in [2.45, 2.75) is 26.2 Å². The standard InChI is InChI=1S/C23H27N3O4S/c1-4-16(2)17-9-12-19(13-10-17)30-15-22(28)25-26-23(31)24-21(27)14-11-18-7-5-6-8-20(18)29-3/h5-14,16H,4,15H2,1-3H3,(H,25,28)(H2,24,26,27,31). The number of thiocarbonyl (C=S) groups is 1. The lowest BCUT2D eigenvalue weighted by molar-refractivity contribution is -0.123. The fraction of sp³-hybridized carbons (Fsp3) is 0.261. The van der Waals surface area contributed by atoms with E-state index >= 15 is 0 Å². The van der Waals surface area contributed by atoms with Gasteiger partial charge in [-0.1, -0.05) is 44.2 Å². The van der Waals surface area contributed by atoms with Crippen molar-refractivity contribution in [2.75, 3.05) is 13.7 Å². The molecule has 8 heteroatoms. The molecule has 0 bridgehead atoms. The summed E-state index contributed by atoms with van der Waals surface area (Å²) in [4.78, 5) is 23.9. The topological polar surface area (TPSA) is 88.7 Å². The van der Waals surface area contributed by atoms with Gasteiger partial charge < -0.3 is 9.47 Å². The zero-order chi connectivity index (χ0) is 22.6. The molecular weight excluding hydrogens is 414 g/mol. The summed E-state index contributed by atoms with van der Waals surface area (Å²) in [5.41, 5.74) is 6.81. The molecule has 1 unspecified atom stereocenters. The first-order valence-corrected chi connectivity index (χ1v) is 10.3. The maximum atomic E-state index is 12.0. The molecule has 164 valence electrons. The zero-order valence-corrected chi connectivity index (χ0v) is 18.6. The Balaban J connectivity index is 1.72. The molecule has 0 saturated heterocycles. The van der Waals surface area contributed by atoms with Crippen molar-refractivity contribution in [3.05, 3.63) is 65.7 Å². The summed E-state index contributed by atoms with van der Waals surface area (Å²) < 4.78 is 10.7. The second-order valence-corrected chi connectivity index (χ2v) is 7.14. The summed E-state index contributed by atoms with van der Waals surface area (Å²) in [6.07, 6.45) is 3.98. The summed E-state index contributed by atoms with van der Waals surface area (Å²) in [5.74, 6) is 0.832. The first-order valence-electron chi connectivity index (χ1n) is 9.86. The van der Waals surface area contributed by atoms with Gasteiger partial charge in [0.25, 0.3) is 5.91 Å². The SMILES string of the molecule is CCC(C)c1ccc(OCC(=O)NNC(=S)NC(=O)C=Cc2ccccc2OC)cc1. The van der Waals surface area contributed by atoms with E-state index in [9.17, 15) is 9.59 Å². The van der Waals surface area contributed by atoms with E-state index in [-0.39, 0.29) is 11.7 Å². The highest BCUT2D eigenvalue weighted by atomic mass is 32.1. The number of para-hydroxylation sites is 1. The molecule has 7 nitrogen and oxygen atoms in total. The van der Waals surface area contributed by atoms with Crippen molar-refractivity contribution in [3.8, 4) is 11.5 Å². The highest BCUT2D eigenvalue weighted by Gasteiger charge is 2.07. The van der Waals surface area contributed by atoms with Crippen LogP contribution >= 0.6 is 12.2 Å². The average molecular weight is 442 g/mol. The van der Waals surface area contributed by atoms with Gasteiger partial charge in [-0.05, 0) is 54.4 Å². The molecule has 31 heavy (non-hydrogen) atoms. The van der Waals surface area contributed by atoms with Crippen LogP contribution in [0.3, 0.4) is 0 Å². The second kappa shape index (κ2) is 12.3. The number of hydrogen-bond donors (Lipinski definition) is 3. The van der Waals surface area contributed by atoms with Crippen LogP contribution in [0, 0.1) is 0 Å². The predicted octanol–water partition coefficient (Wildman–Crippen LogP) is 3.32. The third kappa shape index (κ3) is 8.10. The molecule has 0 aromatic heterocycles. The molecule has 0 heterocycles. The van der Waals surface area contributed by atoms with E-state index in [1.807, 2.05) is 42.5 Å². The van der Waals surface area contributed by atoms with Gasteiger partial charge in [0.1, 0.15) is 11.5 Å². The first-order chi connectivity index (χ1) is 14.9. The number of rotatable bonds is 8. The maximum absolute atomic E-state index is 12.0. The Bertz CT molecular complexity index is 929. The molecule has 2 amide bonds. The van der Waals surface area contributed by atoms with E-state index in [1.54, 1.807) is 19.3 Å². The van der Waals surface area contributed by atoms with Crippen molar-refractivity contribution in [2.24, 2.45) is 0 Å². The number of ether oxygens (including phenoxy) is 2. The lowest BCUT2D eigenvalue weighted by Crippen LogP contribution is -2.49. The van der Waals surface area contributed by atoms with E-state index in [0.29, 0.717) is 17.4 Å². The molecule has 0 aliphatic rings. The molecule has 0 aliphatic carbocycles. The van der Waals surface area contributed by atoms with Gasteiger partial charge >= 0.3 is 0 Å². The van der Waals surface area contributed by atoms with Crippen molar-refractivity contribution in [1.82, 2.24) is 16.2 Å². The second-order valence-electron chi connectivity index (χ2n) is 6.73. The summed E-state index contributed by atoms with van der Waals surface area (Å²) in [7, 11) is 1.56. The van der Waals surface area contributed by atoms with Crippen molar-refractivity contribution < 1.29 is 19.1 Å². The summed E-state index contributed by atoms with van der Waals surface area (Å²) in [6, 6.07) is 14.9. The predicted molar refractivity (Wildman–Crippen MR) is 125 cm³/mol. The van der Waals surface area contributed by atoms with Crippen LogP contribution in [-0.4, -0.2) is 30.6 Å². The van der Waals surface area contributed by atoms with Gasteiger partial charge in [-0.25, -0.2) is 0 Å². The van der Waals surface area contributed by atoms with Crippen LogP contribution < -0.4 is 25.6 Å². The maximum Gasteiger partial charge on any atom is 0.276 e. The minimum atomic E-state index is -0.449. The largest absolute Gasteiger partial charge is 0.496 e. The number of hydrazine groups is 1. The van der Waals surface area contributed by atoms with Gasteiger partial charge in [0.05, 0.1) is 7.11 Å². The first kappa shape index (κ1) is 23.9. The van der Waals surface area contributed by atoms with E-state index < -0.39 is 11.8 Å². The molecule has 1 atom stereocenters. The molecule has 0 fully saturated rings. The van der Waals surface area contributed by atoms with Gasteiger partial charge in [-0.2, -0.15) is 0 Å². The van der Waals surface area contributed by atoms with Crippen LogP contribution in [0.1, 0.15) is 37.3 Å². The van der Waals surface area contributed by atoms with Crippen LogP contribution in [0.2, 0.25) is 0 Å². The van der Waals surface area contributed by atoms with E-state index in [4.69, 9.17) is 21.7 Å². The van der Waals surface area contributed by atoms with E-state index in [2.05, 4.69) is 30.0 Å². The zero-order valence-electron chi connectivity index (χ0n) is 17.8. The average Bonchev–Trinajstić information content (AvgIpc) is 2.80. The van der Waals surface area contributed by atoms with E-state index in [0.717, 1.165) is 12.0 Å². The number of carbonyl (C=O) groups is 2. The van der Waals surface area contributed by atoms with Crippen LogP contribution in [0.15, 0.2) is 54.6 Å². The van der Waals surface area contributed by atoms with Gasteiger partial charge in [0, 0.05) is 11.6 Å². The molecule has 2 aromatic carbocycles. The molecule has 0 radical (unpaired) electrons. The smallest absolute Gasteiger partial charge is 0.276 e. The van der Waals surface area contributed by atoms with Gasteiger partial charge in [0.15, 0.2) is 11.7 Å². The number of hydrogen-bond acceptors (Lipinski definition) is 5. The lowest BCUT2D eigenvalue weighted by Gasteiger charge is -2.12. The van der Waals surface area contributed by atoms with Gasteiger partial charge in [-0.15, -0.1) is 0 Å². The van der Waals surface area contributed by atoms with Crippen LogP contribution in [0.25, 0.3) is 6.08 Å². The van der Waals surface area contributed by atoms with E-state index in [1.165, 1.54) is 11.6 Å². The molecule has 0 saturated carbocycles. The van der Waals surface area contributed by atoms with Crippen LogP contribution in [0.5, 0.6) is 11.5 Å². The minimum absolute atomic E-state index is 0.0408. The minimum Gasteiger partial charge on any atom is -0.496 e. The molecule has 0 aliphatic heterocycles. The number of nitrogens with one attached hydrogen (secondary N) is 3. The number of carbonyl (C=O) groups excluding carboxylic acids is 2. The van der Waals surface area contributed by atoms with Crippen molar-refractivity contribution in [1.29, 1.82) is 0 Å². The Morgan fingerprint density at radius 3 is 2.48 bits per heavy atom. The molecule has 2 rings (SSSR count).